The van der Waals surface area contributed by atoms with Crippen LogP contribution in [-0.2, 0) is 9.84 Å². The van der Waals surface area contributed by atoms with Crippen LogP contribution in [0.2, 0.25) is 0 Å². The lowest BCUT2D eigenvalue weighted by atomic mass is 10.3. The zero-order valence-electron chi connectivity index (χ0n) is 13.8. The molecule has 0 aliphatic carbocycles. The maximum absolute atomic E-state index is 13.5. The standard InChI is InChI=1S/C16H12Br6O4S/c1-7(17)25-15-11(5-3-9(19)13(15)21)27(23,24)12-6-4-10(20)14(22)16(12)26-8(2)18/h3-8H,1-2H3. The van der Waals surface area contributed by atoms with Gasteiger partial charge in [0.1, 0.15) is 9.79 Å². The summed E-state index contributed by atoms with van der Waals surface area (Å²) in [5.74, 6) is 0.399. The quantitative estimate of drug-likeness (QED) is 0.281. The van der Waals surface area contributed by atoms with Gasteiger partial charge in [-0.05, 0) is 134 Å². The summed E-state index contributed by atoms with van der Waals surface area (Å²) in [6.07, 6.45) is 0. The smallest absolute Gasteiger partial charge is 0.213 e. The molecule has 4 nitrogen and oxygen atoms in total. The number of ether oxygens (including phenoxy) is 2. The molecule has 0 aliphatic heterocycles. The zero-order chi connectivity index (χ0) is 20.5. The SMILES string of the molecule is CC(Br)Oc1c(S(=O)(=O)c2ccc(Br)c(Br)c2OC(C)Br)ccc(Br)c1Br. The van der Waals surface area contributed by atoms with Crippen molar-refractivity contribution in [2.75, 3.05) is 0 Å². The lowest BCUT2D eigenvalue weighted by molar-refractivity contribution is 0.301. The Balaban J connectivity index is 2.78. The Bertz CT molecular complexity index is 888. The molecule has 0 bridgehead atoms. The molecule has 0 saturated heterocycles. The summed E-state index contributed by atoms with van der Waals surface area (Å²) in [4.78, 5) is 0.0374. The second-order valence-electron chi connectivity index (χ2n) is 5.20. The Morgan fingerprint density at radius 2 is 1.07 bits per heavy atom. The first-order valence-electron chi connectivity index (χ1n) is 7.29. The van der Waals surface area contributed by atoms with Crippen LogP contribution in [-0.4, -0.2) is 18.4 Å². The fourth-order valence-corrected chi connectivity index (χ4v) is 5.77. The summed E-state index contributed by atoms with van der Waals surface area (Å²) >= 11 is 20.1. The van der Waals surface area contributed by atoms with Gasteiger partial charge in [-0.25, -0.2) is 8.42 Å². The Morgan fingerprint density at radius 1 is 0.741 bits per heavy atom. The first kappa shape index (κ1) is 24.1. The van der Waals surface area contributed by atoms with Crippen molar-refractivity contribution >= 4 is 105 Å². The highest BCUT2D eigenvalue weighted by molar-refractivity contribution is 9.13. The minimum atomic E-state index is -3.96. The molecule has 0 aromatic heterocycles. The Labute approximate surface area is 208 Å². The maximum atomic E-state index is 13.5. The Morgan fingerprint density at radius 3 is 1.37 bits per heavy atom. The number of halogens is 6. The van der Waals surface area contributed by atoms with Crippen LogP contribution in [0.3, 0.4) is 0 Å². The lowest BCUT2D eigenvalue weighted by Crippen LogP contribution is -2.12. The first-order valence-corrected chi connectivity index (χ1v) is 13.8. The van der Waals surface area contributed by atoms with Gasteiger partial charge in [-0.2, -0.15) is 0 Å². The largest absolute Gasteiger partial charge is 0.477 e. The molecule has 0 radical (unpaired) electrons. The van der Waals surface area contributed by atoms with Crippen molar-refractivity contribution in [1.29, 1.82) is 0 Å². The van der Waals surface area contributed by atoms with Gasteiger partial charge in [0.25, 0.3) is 0 Å². The minimum absolute atomic E-state index is 0.0187. The molecule has 0 aliphatic rings. The van der Waals surface area contributed by atoms with Gasteiger partial charge in [-0.1, -0.05) is 0 Å². The summed E-state index contributed by atoms with van der Waals surface area (Å²) < 4.78 is 40.8. The monoisotopic (exact) mass is 774 g/mol. The molecule has 2 atom stereocenters. The molecule has 0 spiro atoms. The summed E-state index contributed by atoms with van der Waals surface area (Å²) in [6, 6.07) is 6.27. The lowest BCUT2D eigenvalue weighted by Gasteiger charge is -2.19. The van der Waals surface area contributed by atoms with E-state index in [0.717, 1.165) is 0 Å². The normalized spacial score (nSPS) is 13.9. The molecular formula is C16H12Br6O4S. The summed E-state index contributed by atoms with van der Waals surface area (Å²) in [5.41, 5.74) is 0. The van der Waals surface area contributed by atoms with E-state index in [1.807, 2.05) is 0 Å². The average Bonchev–Trinajstić information content (AvgIpc) is 2.55. The van der Waals surface area contributed by atoms with Gasteiger partial charge in [0.2, 0.25) is 9.84 Å². The van der Waals surface area contributed by atoms with Crippen LogP contribution < -0.4 is 9.47 Å². The molecule has 0 heterocycles. The molecule has 2 aromatic rings. The number of sulfone groups is 1. The molecular weight excluding hydrogens is 768 g/mol. The van der Waals surface area contributed by atoms with Crippen molar-refractivity contribution < 1.29 is 17.9 Å². The number of benzene rings is 2. The number of rotatable bonds is 6. The van der Waals surface area contributed by atoms with Gasteiger partial charge in [-0.15, -0.1) is 0 Å². The zero-order valence-corrected chi connectivity index (χ0v) is 24.1. The second kappa shape index (κ2) is 9.78. The molecule has 2 rings (SSSR count). The second-order valence-corrected chi connectivity index (χ2v) is 13.0. The van der Waals surface area contributed by atoms with Crippen LogP contribution >= 0.6 is 95.6 Å². The third-order valence-corrected chi connectivity index (χ3v) is 9.30. The number of hydrogen-bond acceptors (Lipinski definition) is 4. The average molecular weight is 780 g/mol. The molecule has 0 N–H and O–H groups in total. The molecule has 148 valence electrons. The van der Waals surface area contributed by atoms with Crippen molar-refractivity contribution in [3.05, 3.63) is 42.2 Å². The van der Waals surface area contributed by atoms with Crippen LogP contribution in [0, 0.1) is 0 Å². The number of hydrogen-bond donors (Lipinski definition) is 0. The van der Waals surface area contributed by atoms with Crippen molar-refractivity contribution in [3.63, 3.8) is 0 Å². The van der Waals surface area contributed by atoms with Gasteiger partial charge >= 0.3 is 0 Å². The van der Waals surface area contributed by atoms with Crippen molar-refractivity contribution in [2.45, 2.75) is 33.7 Å². The van der Waals surface area contributed by atoms with E-state index in [1.165, 1.54) is 12.1 Å². The van der Waals surface area contributed by atoms with Gasteiger partial charge in [0.15, 0.2) is 21.5 Å². The topological polar surface area (TPSA) is 52.6 Å². The summed E-state index contributed by atoms with van der Waals surface area (Å²) in [5, 5.41) is -0.793. The van der Waals surface area contributed by atoms with Gasteiger partial charge in [0, 0.05) is 8.95 Å². The van der Waals surface area contributed by atoms with E-state index < -0.39 is 19.9 Å². The van der Waals surface area contributed by atoms with E-state index in [-0.39, 0.29) is 21.3 Å². The molecule has 0 fully saturated rings. The van der Waals surface area contributed by atoms with E-state index >= 15 is 0 Å². The van der Waals surface area contributed by atoms with Crippen molar-refractivity contribution in [3.8, 4) is 11.5 Å². The highest BCUT2D eigenvalue weighted by atomic mass is 79.9. The molecule has 27 heavy (non-hydrogen) atoms. The van der Waals surface area contributed by atoms with Crippen LogP contribution in [0.15, 0.2) is 51.9 Å². The van der Waals surface area contributed by atoms with Gasteiger partial charge < -0.3 is 9.47 Å². The maximum Gasteiger partial charge on any atom is 0.213 e. The van der Waals surface area contributed by atoms with E-state index in [9.17, 15) is 8.42 Å². The van der Waals surface area contributed by atoms with Crippen LogP contribution in [0.5, 0.6) is 11.5 Å². The molecule has 11 heteroatoms. The summed E-state index contributed by atoms with van der Waals surface area (Å²) in [7, 11) is -3.96. The highest BCUT2D eigenvalue weighted by Gasteiger charge is 2.30. The third kappa shape index (κ3) is 5.52. The first-order chi connectivity index (χ1) is 12.5. The number of alkyl halides is 2. The fraction of sp³-hybridized carbons (Fsp3) is 0.250. The van der Waals surface area contributed by atoms with Crippen LogP contribution in [0.4, 0.5) is 0 Å². The summed E-state index contributed by atoms with van der Waals surface area (Å²) in [6.45, 7) is 3.50. The third-order valence-electron chi connectivity index (χ3n) is 3.17. The van der Waals surface area contributed by atoms with Gasteiger partial charge in [-0.3, -0.25) is 0 Å². The van der Waals surface area contributed by atoms with E-state index in [0.29, 0.717) is 17.9 Å². The molecule has 2 aromatic carbocycles. The van der Waals surface area contributed by atoms with E-state index in [1.54, 1.807) is 26.0 Å². The van der Waals surface area contributed by atoms with Gasteiger partial charge in [0.05, 0.1) is 8.95 Å². The van der Waals surface area contributed by atoms with Crippen LogP contribution in [0.25, 0.3) is 0 Å². The van der Waals surface area contributed by atoms with Crippen molar-refractivity contribution in [2.24, 2.45) is 0 Å². The van der Waals surface area contributed by atoms with Crippen LogP contribution in [0.1, 0.15) is 13.8 Å². The molecule has 0 saturated carbocycles. The van der Waals surface area contributed by atoms with E-state index in [4.69, 9.17) is 9.47 Å². The molecule has 0 amide bonds. The van der Waals surface area contributed by atoms with E-state index in [2.05, 4.69) is 95.6 Å². The Kier molecular flexibility index (Phi) is 8.75. The van der Waals surface area contributed by atoms with Crippen molar-refractivity contribution in [1.82, 2.24) is 0 Å². The highest BCUT2D eigenvalue weighted by Crippen LogP contribution is 2.45. The predicted octanol–water partition coefficient (Wildman–Crippen LogP) is 7.81. The minimum Gasteiger partial charge on any atom is -0.477 e. The predicted molar refractivity (Wildman–Crippen MR) is 127 cm³/mol. The molecule has 2 unspecified atom stereocenters. The Hall–Kier alpha value is 0.870. The fourth-order valence-electron chi connectivity index (χ4n) is 2.11.